The van der Waals surface area contributed by atoms with Gasteiger partial charge in [0.1, 0.15) is 4.90 Å². The summed E-state index contributed by atoms with van der Waals surface area (Å²) in [6.07, 6.45) is 0. The fourth-order valence-electron chi connectivity index (χ4n) is 2.49. The highest BCUT2D eigenvalue weighted by Gasteiger charge is 2.28. The number of sulfonamides is 1. The zero-order valence-electron chi connectivity index (χ0n) is 13.3. The summed E-state index contributed by atoms with van der Waals surface area (Å²) in [7, 11) is -3.83. The van der Waals surface area contributed by atoms with Gasteiger partial charge in [-0.25, -0.2) is 8.42 Å². The first-order valence-electron chi connectivity index (χ1n) is 7.10. The first-order valence-corrected chi connectivity index (χ1v) is 9.78. The van der Waals surface area contributed by atoms with Crippen molar-refractivity contribution in [3.63, 3.8) is 0 Å². The fraction of sp³-hybridized carbons (Fsp3) is 0.188. The third kappa shape index (κ3) is 3.07. The summed E-state index contributed by atoms with van der Waals surface area (Å²) in [5.41, 5.74) is 1.57. The van der Waals surface area contributed by atoms with Crippen LogP contribution in [-0.2, 0) is 10.0 Å². The smallest absolute Gasteiger partial charge is 0.263 e. The van der Waals surface area contributed by atoms with Crippen LogP contribution in [0.25, 0.3) is 11.3 Å². The molecule has 0 aliphatic rings. The molecule has 3 aromatic rings. The lowest BCUT2D eigenvalue weighted by molar-refractivity contribution is 0.426. The number of thiophene rings is 1. The van der Waals surface area contributed by atoms with Gasteiger partial charge in [0.05, 0.1) is 22.0 Å². The van der Waals surface area contributed by atoms with E-state index >= 15 is 0 Å². The number of halogens is 1. The minimum absolute atomic E-state index is 0.195. The Labute approximate surface area is 149 Å². The minimum Gasteiger partial charge on any atom is -0.356 e. The molecule has 2 aromatic heterocycles. The molecule has 5 nitrogen and oxygen atoms in total. The van der Waals surface area contributed by atoms with Gasteiger partial charge in [-0.15, -0.1) is 11.3 Å². The normalized spacial score (nSPS) is 11.7. The van der Waals surface area contributed by atoms with Crippen molar-refractivity contribution >= 4 is 38.6 Å². The van der Waals surface area contributed by atoms with Crippen LogP contribution in [0.4, 0.5) is 5.69 Å². The third-order valence-corrected chi connectivity index (χ3v) is 6.48. The maximum atomic E-state index is 13.0. The first-order chi connectivity index (χ1) is 11.3. The van der Waals surface area contributed by atoms with Gasteiger partial charge in [0, 0.05) is 15.8 Å². The highest BCUT2D eigenvalue weighted by Crippen LogP contribution is 2.40. The van der Waals surface area contributed by atoms with Crippen molar-refractivity contribution in [2.75, 3.05) is 4.72 Å². The standard InChI is InChI=1S/C16H15ClN2O3S2/c1-9-8-14(22-18-9)15-10(2)23-11(3)16(15)24(20,21)19-13-7-5-4-6-12(13)17/h4-8,19H,1-3H3. The molecule has 24 heavy (non-hydrogen) atoms. The Kier molecular flexibility index (Phi) is 4.42. The number of anilines is 1. The monoisotopic (exact) mass is 382 g/mol. The van der Waals surface area contributed by atoms with Crippen molar-refractivity contribution in [3.8, 4) is 11.3 Å². The molecule has 0 unspecified atom stereocenters. The second kappa shape index (κ2) is 6.23. The second-order valence-corrected chi connectivity index (χ2v) is 8.79. The molecule has 3 rings (SSSR count). The van der Waals surface area contributed by atoms with Crippen LogP contribution in [0.15, 0.2) is 39.8 Å². The quantitative estimate of drug-likeness (QED) is 0.704. The SMILES string of the molecule is Cc1cc(-c2c(C)sc(C)c2S(=O)(=O)Nc2ccccc2Cl)on1. The number of benzene rings is 1. The lowest BCUT2D eigenvalue weighted by atomic mass is 10.2. The van der Waals surface area contributed by atoms with E-state index < -0.39 is 10.0 Å². The molecular weight excluding hydrogens is 368 g/mol. The Morgan fingerprint density at radius 3 is 2.50 bits per heavy atom. The Balaban J connectivity index is 2.13. The Morgan fingerprint density at radius 1 is 1.17 bits per heavy atom. The van der Waals surface area contributed by atoms with E-state index in [9.17, 15) is 8.42 Å². The molecule has 0 spiro atoms. The molecule has 0 radical (unpaired) electrons. The fourth-order valence-corrected chi connectivity index (χ4v) is 5.68. The molecule has 2 heterocycles. The van der Waals surface area contributed by atoms with E-state index in [4.69, 9.17) is 16.1 Å². The zero-order chi connectivity index (χ0) is 17.5. The summed E-state index contributed by atoms with van der Waals surface area (Å²) in [4.78, 5) is 1.72. The number of nitrogens with one attached hydrogen (secondary N) is 1. The van der Waals surface area contributed by atoms with E-state index in [0.29, 0.717) is 32.6 Å². The van der Waals surface area contributed by atoms with E-state index in [1.54, 1.807) is 44.2 Å². The van der Waals surface area contributed by atoms with Gasteiger partial charge in [0.15, 0.2) is 5.76 Å². The number of nitrogens with zero attached hydrogens (tertiary/aromatic N) is 1. The highest BCUT2D eigenvalue weighted by molar-refractivity contribution is 7.93. The van der Waals surface area contributed by atoms with Gasteiger partial charge in [-0.3, -0.25) is 4.72 Å². The van der Waals surface area contributed by atoms with E-state index in [1.165, 1.54) is 11.3 Å². The Hall–Kier alpha value is -1.83. The summed E-state index contributed by atoms with van der Waals surface area (Å²) in [5, 5.41) is 4.19. The molecule has 1 N–H and O–H groups in total. The molecule has 0 atom stereocenters. The van der Waals surface area contributed by atoms with Gasteiger partial charge < -0.3 is 4.52 Å². The topological polar surface area (TPSA) is 72.2 Å². The summed E-state index contributed by atoms with van der Waals surface area (Å²) in [5.74, 6) is 0.439. The van der Waals surface area contributed by atoms with Gasteiger partial charge in [0.25, 0.3) is 10.0 Å². The maximum absolute atomic E-state index is 13.0. The van der Waals surface area contributed by atoms with Crippen molar-refractivity contribution in [3.05, 3.63) is 50.8 Å². The van der Waals surface area contributed by atoms with Gasteiger partial charge >= 0.3 is 0 Å². The van der Waals surface area contributed by atoms with Gasteiger partial charge in [0.2, 0.25) is 0 Å². The van der Waals surface area contributed by atoms with Crippen LogP contribution < -0.4 is 4.72 Å². The lowest BCUT2D eigenvalue weighted by Crippen LogP contribution is -2.14. The van der Waals surface area contributed by atoms with Crippen LogP contribution in [-0.4, -0.2) is 13.6 Å². The molecule has 0 amide bonds. The molecule has 8 heteroatoms. The molecule has 126 valence electrons. The Bertz CT molecular complexity index is 1010. The lowest BCUT2D eigenvalue weighted by Gasteiger charge is -2.11. The van der Waals surface area contributed by atoms with Crippen LogP contribution >= 0.6 is 22.9 Å². The zero-order valence-corrected chi connectivity index (χ0v) is 15.6. The molecule has 0 bridgehead atoms. The average Bonchev–Trinajstić information content (AvgIpc) is 3.04. The van der Waals surface area contributed by atoms with Crippen molar-refractivity contribution in [2.45, 2.75) is 25.7 Å². The average molecular weight is 383 g/mol. The van der Waals surface area contributed by atoms with Crippen LogP contribution in [0.5, 0.6) is 0 Å². The van der Waals surface area contributed by atoms with Crippen LogP contribution in [0.2, 0.25) is 5.02 Å². The number of hydrogen-bond acceptors (Lipinski definition) is 5. The summed E-state index contributed by atoms with van der Waals surface area (Å²) in [6.45, 7) is 5.42. The third-order valence-electron chi connectivity index (χ3n) is 3.47. The summed E-state index contributed by atoms with van der Waals surface area (Å²) >= 11 is 7.47. The molecule has 1 aromatic carbocycles. The van der Waals surface area contributed by atoms with E-state index in [2.05, 4.69) is 9.88 Å². The van der Waals surface area contributed by atoms with E-state index in [0.717, 1.165) is 4.88 Å². The van der Waals surface area contributed by atoms with Crippen molar-refractivity contribution < 1.29 is 12.9 Å². The number of aryl methyl sites for hydroxylation is 3. The van der Waals surface area contributed by atoms with Gasteiger partial charge in [-0.05, 0) is 32.9 Å². The minimum atomic E-state index is -3.83. The van der Waals surface area contributed by atoms with Crippen molar-refractivity contribution in [2.24, 2.45) is 0 Å². The maximum Gasteiger partial charge on any atom is 0.263 e. The van der Waals surface area contributed by atoms with Crippen LogP contribution in [0.1, 0.15) is 15.4 Å². The molecular formula is C16H15ClN2O3S2. The number of rotatable bonds is 4. The first kappa shape index (κ1) is 17.0. The van der Waals surface area contributed by atoms with E-state index in [1.807, 2.05) is 6.92 Å². The molecule has 0 fully saturated rings. The van der Waals surface area contributed by atoms with Gasteiger partial charge in [-0.2, -0.15) is 0 Å². The molecule has 0 aliphatic carbocycles. The molecule has 0 saturated heterocycles. The van der Waals surface area contributed by atoms with Crippen molar-refractivity contribution in [1.82, 2.24) is 5.16 Å². The molecule has 0 saturated carbocycles. The predicted octanol–water partition coefficient (Wildman–Crippen LogP) is 4.78. The largest absolute Gasteiger partial charge is 0.356 e. The number of para-hydroxylation sites is 1. The van der Waals surface area contributed by atoms with Crippen molar-refractivity contribution in [1.29, 1.82) is 0 Å². The predicted molar refractivity (Wildman–Crippen MR) is 96.3 cm³/mol. The van der Waals surface area contributed by atoms with Crippen LogP contribution in [0.3, 0.4) is 0 Å². The van der Waals surface area contributed by atoms with Crippen LogP contribution in [0, 0.1) is 20.8 Å². The number of aromatic nitrogens is 1. The second-order valence-electron chi connectivity index (χ2n) is 5.34. The number of hydrogen-bond donors (Lipinski definition) is 1. The highest BCUT2D eigenvalue weighted by atomic mass is 35.5. The molecule has 0 aliphatic heterocycles. The summed E-state index contributed by atoms with van der Waals surface area (Å²) in [6, 6.07) is 8.43. The van der Waals surface area contributed by atoms with Gasteiger partial charge in [-0.1, -0.05) is 28.9 Å². The summed E-state index contributed by atoms with van der Waals surface area (Å²) < 4.78 is 33.8. The Morgan fingerprint density at radius 2 is 1.88 bits per heavy atom. The van der Waals surface area contributed by atoms with E-state index in [-0.39, 0.29) is 4.90 Å².